The van der Waals surface area contributed by atoms with Crippen LogP contribution in [0, 0.1) is 0 Å². The minimum absolute atomic E-state index is 0. The Bertz CT molecular complexity index is 1020. The zero-order valence-electron chi connectivity index (χ0n) is 14.4. The van der Waals surface area contributed by atoms with Crippen molar-refractivity contribution in [3.63, 3.8) is 0 Å². The van der Waals surface area contributed by atoms with E-state index in [0.29, 0.717) is 15.5 Å². The van der Waals surface area contributed by atoms with E-state index in [9.17, 15) is 22.6 Å². The second-order valence-corrected chi connectivity index (χ2v) is 7.84. The molecule has 1 aromatic carbocycles. The fraction of sp³-hybridized carbons (Fsp3) is 0.333. The molecule has 2 unspecified atom stereocenters. The zero-order valence-corrected chi connectivity index (χ0v) is 18.1. The molecule has 2 aromatic rings. The summed E-state index contributed by atoms with van der Waals surface area (Å²) >= 11 is 1.32. The van der Waals surface area contributed by atoms with E-state index in [1.165, 1.54) is 16.2 Å². The summed E-state index contributed by atoms with van der Waals surface area (Å²) in [5, 5.41) is 1.32. The van der Waals surface area contributed by atoms with Gasteiger partial charge in [-0.05, 0) is 18.4 Å². The van der Waals surface area contributed by atoms with E-state index in [1.807, 2.05) is 24.3 Å². The monoisotopic (exact) mass is 420 g/mol. The minimum atomic E-state index is -5.14. The predicted molar refractivity (Wildman–Crippen MR) is 88.7 cm³/mol. The molecule has 9 nitrogen and oxygen atoms in total. The van der Waals surface area contributed by atoms with E-state index >= 15 is 0 Å². The smallest absolute Gasteiger partial charge is 0.724 e. The number of ether oxygens (including phenoxy) is 1. The zero-order chi connectivity index (χ0) is 18.6. The summed E-state index contributed by atoms with van der Waals surface area (Å²) in [5.74, 6) is -0.615. The number of nitrogens with zero attached hydrogens (tertiary/aromatic N) is 2. The third-order valence-electron chi connectivity index (χ3n) is 4.32. The maximum Gasteiger partial charge on any atom is 1.00 e. The average molecular weight is 420 g/mol. The number of rotatable bonds is 4. The van der Waals surface area contributed by atoms with Gasteiger partial charge in [0.05, 0.1) is 13.2 Å². The van der Waals surface area contributed by atoms with Crippen LogP contribution in [-0.4, -0.2) is 48.1 Å². The Morgan fingerprint density at radius 3 is 2.74 bits per heavy atom. The van der Waals surface area contributed by atoms with Crippen molar-refractivity contribution in [2.45, 2.75) is 19.0 Å². The molecule has 27 heavy (non-hydrogen) atoms. The first-order valence-electron chi connectivity index (χ1n) is 7.75. The molecule has 138 valence electrons. The van der Waals surface area contributed by atoms with Crippen LogP contribution in [-0.2, 0) is 24.2 Å². The van der Waals surface area contributed by atoms with Gasteiger partial charge in [-0.2, -0.15) is 9.35 Å². The molecule has 3 heterocycles. The van der Waals surface area contributed by atoms with Gasteiger partial charge >= 0.3 is 41.6 Å². The number of hydrogen-bond acceptors (Lipinski definition) is 8. The second kappa shape index (κ2) is 7.32. The van der Waals surface area contributed by atoms with Crippen LogP contribution in [0.4, 0.5) is 4.79 Å². The third-order valence-corrected chi connectivity index (χ3v) is 5.95. The molecular formula is C15H13N2NaO7S2. The van der Waals surface area contributed by atoms with E-state index in [2.05, 4.69) is 4.28 Å². The van der Waals surface area contributed by atoms with Crippen LogP contribution in [0.2, 0.25) is 0 Å². The Morgan fingerprint density at radius 2 is 2.07 bits per heavy atom. The van der Waals surface area contributed by atoms with Crippen molar-refractivity contribution >= 4 is 43.8 Å². The summed E-state index contributed by atoms with van der Waals surface area (Å²) in [6, 6.07) is 4.66. The van der Waals surface area contributed by atoms with Crippen LogP contribution < -0.4 is 29.6 Å². The van der Waals surface area contributed by atoms with Crippen molar-refractivity contribution in [3.05, 3.63) is 34.7 Å². The number of hydrogen-bond donors (Lipinski definition) is 0. The van der Waals surface area contributed by atoms with Gasteiger partial charge in [-0.15, -0.1) is 11.3 Å². The Balaban J connectivity index is 0.00000210. The Morgan fingerprint density at radius 1 is 1.37 bits per heavy atom. The molecule has 2 bridgehead atoms. The topological polar surface area (TPSA) is 116 Å². The Hall–Kier alpha value is -1.21. The second-order valence-electron chi connectivity index (χ2n) is 5.79. The normalized spacial score (nSPS) is 21.2. The van der Waals surface area contributed by atoms with Crippen LogP contribution in [0.3, 0.4) is 0 Å². The summed E-state index contributed by atoms with van der Waals surface area (Å²) < 4.78 is 43.5. The van der Waals surface area contributed by atoms with Crippen LogP contribution >= 0.6 is 11.3 Å². The van der Waals surface area contributed by atoms with Gasteiger partial charge in [0.2, 0.25) is 10.4 Å². The van der Waals surface area contributed by atoms with E-state index in [0.717, 1.165) is 10.1 Å². The van der Waals surface area contributed by atoms with Crippen molar-refractivity contribution in [2.24, 2.45) is 0 Å². The molecule has 2 aliphatic heterocycles. The molecule has 0 radical (unpaired) electrons. The Labute approximate surface area is 181 Å². The number of hydroxylamine groups is 2. The quantitative estimate of drug-likeness (QED) is 0.261. The number of fused-ring (bicyclic) bond motifs is 6. The van der Waals surface area contributed by atoms with E-state index in [4.69, 9.17) is 4.74 Å². The molecule has 12 heteroatoms. The van der Waals surface area contributed by atoms with E-state index in [1.54, 1.807) is 6.92 Å². The van der Waals surface area contributed by atoms with Gasteiger partial charge in [0.15, 0.2) is 6.04 Å². The van der Waals surface area contributed by atoms with Gasteiger partial charge in [0, 0.05) is 15.1 Å². The SMILES string of the molecule is CCOC(=O)C1c2c(sc3ccccc23)C2CN1C(=O)N2OS(=O)(=O)[O-].[Na+]. The van der Waals surface area contributed by atoms with Crippen LogP contribution in [0.1, 0.15) is 29.4 Å². The maximum absolute atomic E-state index is 12.6. The first-order valence-corrected chi connectivity index (χ1v) is 9.90. The number of urea groups is 1. The van der Waals surface area contributed by atoms with Gasteiger partial charge in [-0.25, -0.2) is 18.0 Å². The van der Waals surface area contributed by atoms with Crippen LogP contribution in [0.5, 0.6) is 0 Å². The molecule has 0 N–H and O–H groups in total. The molecule has 4 rings (SSSR count). The van der Waals surface area contributed by atoms with Gasteiger partial charge in [-0.1, -0.05) is 18.2 Å². The molecule has 2 atom stereocenters. The van der Waals surface area contributed by atoms with Crippen molar-refractivity contribution in [3.8, 4) is 0 Å². The molecular weight excluding hydrogens is 407 g/mol. The first kappa shape index (κ1) is 20.5. The standard InChI is InChI=1S/C15H14N2O7S2.Na/c1-2-23-14(18)12-11-8-5-3-4-6-10(8)25-13(11)9-7-16(12)15(19)17(9)24-26(20,21)22;/h3-6,9,12H,2,7H2,1H3,(H,20,21,22);/q;+1/p-1. The fourth-order valence-corrected chi connectivity index (χ4v) is 5.10. The summed E-state index contributed by atoms with van der Waals surface area (Å²) in [6.07, 6.45) is 0. The van der Waals surface area contributed by atoms with Crippen LogP contribution in [0.15, 0.2) is 24.3 Å². The number of thiophene rings is 1. The molecule has 0 aliphatic carbocycles. The predicted octanol–water partition coefficient (Wildman–Crippen LogP) is -1.31. The van der Waals surface area contributed by atoms with Crippen molar-refractivity contribution in [1.82, 2.24) is 9.96 Å². The molecule has 1 aromatic heterocycles. The maximum atomic E-state index is 12.6. The molecule has 1 fully saturated rings. The largest absolute Gasteiger partial charge is 1.00 e. The molecule has 0 spiro atoms. The number of benzene rings is 1. The molecule has 1 saturated heterocycles. The average Bonchev–Trinajstić information content (AvgIpc) is 3.07. The minimum Gasteiger partial charge on any atom is -0.724 e. The number of amides is 2. The number of carbonyl (C=O) groups excluding carboxylic acids is 2. The van der Waals surface area contributed by atoms with Gasteiger partial charge < -0.3 is 14.2 Å². The van der Waals surface area contributed by atoms with Crippen LogP contribution in [0.25, 0.3) is 10.1 Å². The third kappa shape index (κ3) is 3.37. The number of esters is 1. The van der Waals surface area contributed by atoms with E-state index in [-0.39, 0.29) is 42.7 Å². The molecule has 2 amide bonds. The van der Waals surface area contributed by atoms with Crippen molar-refractivity contribution in [2.75, 3.05) is 13.2 Å². The van der Waals surface area contributed by atoms with Crippen molar-refractivity contribution in [1.29, 1.82) is 0 Å². The van der Waals surface area contributed by atoms with Gasteiger partial charge in [-0.3, -0.25) is 0 Å². The summed E-state index contributed by atoms with van der Waals surface area (Å²) in [5.41, 5.74) is 0.586. The molecule has 0 saturated carbocycles. The number of carbonyl (C=O) groups is 2. The van der Waals surface area contributed by atoms with Crippen molar-refractivity contribution < 1.29 is 61.1 Å². The summed E-state index contributed by atoms with van der Waals surface area (Å²) in [4.78, 5) is 27.0. The van der Waals surface area contributed by atoms with E-state index < -0.39 is 34.5 Å². The molecule has 2 aliphatic rings. The summed E-state index contributed by atoms with van der Waals surface area (Å²) in [7, 11) is -5.14. The van der Waals surface area contributed by atoms with Gasteiger partial charge in [0.25, 0.3) is 0 Å². The Kier molecular flexibility index (Phi) is 5.56. The summed E-state index contributed by atoms with van der Waals surface area (Å²) in [6.45, 7) is 1.81. The van der Waals surface area contributed by atoms with Gasteiger partial charge in [0.1, 0.15) is 6.04 Å². The first-order chi connectivity index (χ1) is 12.3. The fourth-order valence-electron chi connectivity index (χ4n) is 3.42.